The summed E-state index contributed by atoms with van der Waals surface area (Å²) in [6, 6.07) is 5.66. The van der Waals surface area contributed by atoms with E-state index >= 15 is 0 Å². The predicted octanol–water partition coefficient (Wildman–Crippen LogP) is 1.76. The lowest BCUT2D eigenvalue weighted by Crippen LogP contribution is -2.29. The van der Waals surface area contributed by atoms with E-state index in [2.05, 4.69) is 10.6 Å². The van der Waals surface area contributed by atoms with Crippen molar-refractivity contribution in [3.63, 3.8) is 0 Å². The first-order valence-corrected chi connectivity index (χ1v) is 6.49. The number of amides is 1. The molecule has 3 N–H and O–H groups in total. The van der Waals surface area contributed by atoms with Gasteiger partial charge in [0.15, 0.2) is 0 Å². The van der Waals surface area contributed by atoms with E-state index in [0.29, 0.717) is 11.6 Å². The first kappa shape index (κ1) is 15.6. The maximum Gasteiger partial charge on any atom is 0.238 e. The molecule has 0 fully saturated rings. The second-order valence-electron chi connectivity index (χ2n) is 4.66. The van der Waals surface area contributed by atoms with Gasteiger partial charge in [0, 0.05) is 12.3 Å². The number of hydrogen-bond donors (Lipinski definition) is 3. The number of aliphatic hydroxyl groups is 1. The van der Waals surface area contributed by atoms with E-state index in [1.54, 1.807) is 0 Å². The van der Waals surface area contributed by atoms with Gasteiger partial charge in [-0.1, -0.05) is 6.92 Å². The molecule has 4 nitrogen and oxygen atoms in total. The quantitative estimate of drug-likeness (QED) is 0.630. The van der Waals surface area contributed by atoms with Gasteiger partial charge in [-0.2, -0.15) is 0 Å². The summed E-state index contributed by atoms with van der Waals surface area (Å²) in [5.74, 6) is -0.175. The van der Waals surface area contributed by atoms with E-state index < -0.39 is 0 Å². The minimum Gasteiger partial charge on any atom is -0.396 e. The Morgan fingerprint density at radius 2 is 2.05 bits per heavy atom. The van der Waals surface area contributed by atoms with Crippen molar-refractivity contribution in [3.05, 3.63) is 30.1 Å². The van der Waals surface area contributed by atoms with Crippen LogP contribution in [0.1, 0.15) is 19.8 Å². The van der Waals surface area contributed by atoms with Crippen LogP contribution in [-0.2, 0) is 4.79 Å². The van der Waals surface area contributed by atoms with E-state index in [0.717, 1.165) is 19.4 Å². The van der Waals surface area contributed by atoms with E-state index in [9.17, 15) is 9.18 Å². The highest BCUT2D eigenvalue weighted by atomic mass is 19.1. The molecule has 1 aromatic rings. The first-order valence-electron chi connectivity index (χ1n) is 6.49. The van der Waals surface area contributed by atoms with Crippen molar-refractivity contribution in [3.8, 4) is 0 Å². The van der Waals surface area contributed by atoms with Crippen molar-refractivity contribution in [2.24, 2.45) is 5.92 Å². The highest BCUT2D eigenvalue weighted by Gasteiger charge is 2.03. The van der Waals surface area contributed by atoms with Crippen LogP contribution in [0, 0.1) is 11.7 Å². The second-order valence-corrected chi connectivity index (χ2v) is 4.66. The summed E-state index contributed by atoms with van der Waals surface area (Å²) in [4.78, 5) is 11.5. The van der Waals surface area contributed by atoms with Gasteiger partial charge in [-0.15, -0.1) is 0 Å². The number of halogens is 1. The van der Waals surface area contributed by atoms with Crippen molar-refractivity contribution in [2.45, 2.75) is 19.8 Å². The van der Waals surface area contributed by atoms with Crippen LogP contribution in [-0.4, -0.2) is 30.7 Å². The van der Waals surface area contributed by atoms with Crippen LogP contribution in [0.4, 0.5) is 10.1 Å². The summed E-state index contributed by atoms with van der Waals surface area (Å²) in [5, 5.41) is 14.6. The number of rotatable bonds is 8. The van der Waals surface area contributed by atoms with Gasteiger partial charge in [-0.05, 0) is 49.6 Å². The number of hydrogen-bond acceptors (Lipinski definition) is 3. The van der Waals surface area contributed by atoms with Gasteiger partial charge in [0.25, 0.3) is 0 Å². The fourth-order valence-electron chi connectivity index (χ4n) is 1.61. The zero-order chi connectivity index (χ0) is 14.1. The van der Waals surface area contributed by atoms with Gasteiger partial charge >= 0.3 is 0 Å². The lowest BCUT2D eigenvalue weighted by Gasteiger charge is -2.09. The molecule has 0 spiro atoms. The van der Waals surface area contributed by atoms with Crippen LogP contribution in [0.25, 0.3) is 0 Å². The minimum absolute atomic E-state index is 0.151. The van der Waals surface area contributed by atoms with Crippen LogP contribution in [0.5, 0.6) is 0 Å². The summed E-state index contributed by atoms with van der Waals surface area (Å²) in [6.07, 6.45) is 1.86. The fraction of sp³-hybridized carbons (Fsp3) is 0.500. The molecular formula is C14H21FN2O2. The topological polar surface area (TPSA) is 61.4 Å². The summed E-state index contributed by atoms with van der Waals surface area (Å²) < 4.78 is 12.7. The van der Waals surface area contributed by atoms with Crippen molar-refractivity contribution in [1.82, 2.24) is 5.32 Å². The zero-order valence-electron chi connectivity index (χ0n) is 11.2. The Morgan fingerprint density at radius 3 is 2.68 bits per heavy atom. The van der Waals surface area contributed by atoms with E-state index in [-0.39, 0.29) is 24.9 Å². The van der Waals surface area contributed by atoms with Crippen LogP contribution >= 0.6 is 0 Å². The Balaban J connectivity index is 2.13. The lowest BCUT2D eigenvalue weighted by molar-refractivity contribution is -0.115. The number of nitrogens with one attached hydrogen (secondary N) is 2. The molecular weight excluding hydrogens is 247 g/mol. The fourth-order valence-corrected chi connectivity index (χ4v) is 1.61. The van der Waals surface area contributed by atoms with Crippen LogP contribution in [0.3, 0.4) is 0 Å². The SMILES string of the molecule is CC(CO)CCCNCC(=O)Nc1ccc(F)cc1. The molecule has 1 atom stereocenters. The van der Waals surface area contributed by atoms with Crippen molar-refractivity contribution in [1.29, 1.82) is 0 Å². The van der Waals surface area contributed by atoms with Crippen LogP contribution < -0.4 is 10.6 Å². The molecule has 5 heteroatoms. The van der Waals surface area contributed by atoms with Gasteiger partial charge < -0.3 is 15.7 Å². The maximum atomic E-state index is 12.7. The van der Waals surface area contributed by atoms with E-state index in [1.807, 2.05) is 6.92 Å². The molecule has 0 heterocycles. The maximum absolute atomic E-state index is 12.7. The summed E-state index contributed by atoms with van der Waals surface area (Å²) >= 11 is 0. The summed E-state index contributed by atoms with van der Waals surface area (Å²) in [7, 11) is 0. The molecule has 0 bridgehead atoms. The standard InChI is InChI=1S/C14H21FN2O2/c1-11(10-18)3-2-8-16-9-14(19)17-13-6-4-12(15)5-7-13/h4-7,11,16,18H,2-3,8-10H2,1H3,(H,17,19). The Hall–Kier alpha value is -1.46. The monoisotopic (exact) mass is 268 g/mol. The molecule has 106 valence electrons. The molecule has 0 aliphatic rings. The second kappa shape index (κ2) is 8.61. The third-order valence-electron chi connectivity index (χ3n) is 2.78. The molecule has 0 aliphatic heterocycles. The smallest absolute Gasteiger partial charge is 0.238 e. The number of carbonyl (C=O) groups is 1. The van der Waals surface area contributed by atoms with Crippen molar-refractivity contribution in [2.75, 3.05) is 25.0 Å². The number of benzene rings is 1. The third-order valence-corrected chi connectivity index (χ3v) is 2.78. The molecule has 0 radical (unpaired) electrons. The molecule has 19 heavy (non-hydrogen) atoms. The molecule has 0 aliphatic carbocycles. The van der Waals surface area contributed by atoms with E-state index in [1.165, 1.54) is 24.3 Å². The molecule has 1 rings (SSSR count). The largest absolute Gasteiger partial charge is 0.396 e. The average molecular weight is 268 g/mol. The molecule has 1 unspecified atom stereocenters. The summed E-state index contributed by atoms with van der Waals surface area (Å²) in [6.45, 7) is 3.15. The van der Waals surface area contributed by atoms with Crippen LogP contribution in [0.15, 0.2) is 24.3 Å². The van der Waals surface area contributed by atoms with Crippen molar-refractivity contribution >= 4 is 11.6 Å². The van der Waals surface area contributed by atoms with Crippen molar-refractivity contribution < 1.29 is 14.3 Å². The average Bonchev–Trinajstić information content (AvgIpc) is 2.40. The van der Waals surface area contributed by atoms with Gasteiger partial charge in [-0.3, -0.25) is 4.79 Å². The Morgan fingerprint density at radius 1 is 1.37 bits per heavy atom. The van der Waals surface area contributed by atoms with Gasteiger partial charge in [0.05, 0.1) is 6.54 Å². The highest BCUT2D eigenvalue weighted by Crippen LogP contribution is 2.07. The molecule has 0 saturated carbocycles. The minimum atomic E-state index is -0.325. The normalized spacial score (nSPS) is 12.2. The lowest BCUT2D eigenvalue weighted by atomic mass is 10.1. The van der Waals surface area contributed by atoms with Crippen LogP contribution in [0.2, 0.25) is 0 Å². The van der Waals surface area contributed by atoms with Gasteiger partial charge in [0.2, 0.25) is 5.91 Å². The highest BCUT2D eigenvalue weighted by molar-refractivity contribution is 5.92. The number of carbonyl (C=O) groups excluding carboxylic acids is 1. The molecule has 0 saturated heterocycles. The first-order chi connectivity index (χ1) is 9.11. The Bertz CT molecular complexity index is 382. The van der Waals surface area contributed by atoms with Gasteiger partial charge in [0.1, 0.15) is 5.82 Å². The summed E-state index contributed by atoms with van der Waals surface area (Å²) in [5.41, 5.74) is 0.585. The molecule has 1 aromatic carbocycles. The number of anilines is 1. The number of aliphatic hydroxyl groups excluding tert-OH is 1. The van der Waals surface area contributed by atoms with E-state index in [4.69, 9.17) is 5.11 Å². The predicted molar refractivity (Wildman–Crippen MR) is 73.4 cm³/mol. The van der Waals surface area contributed by atoms with Gasteiger partial charge in [-0.25, -0.2) is 4.39 Å². The molecule has 0 aromatic heterocycles. The molecule has 1 amide bonds. The Kier molecular flexibility index (Phi) is 7.07. The zero-order valence-corrected chi connectivity index (χ0v) is 11.2. The Labute approximate surface area is 113 Å². The third kappa shape index (κ3) is 6.88.